The lowest BCUT2D eigenvalue weighted by Gasteiger charge is -2.21. The molecule has 114 valence electrons. The molecule has 0 saturated heterocycles. The van der Waals surface area contributed by atoms with E-state index in [1.807, 2.05) is 0 Å². The number of ether oxygens (including phenoxy) is 1. The van der Waals surface area contributed by atoms with Gasteiger partial charge in [-0.2, -0.15) is 0 Å². The molecule has 1 aromatic carbocycles. The lowest BCUT2D eigenvalue weighted by atomic mass is 10.2. The van der Waals surface area contributed by atoms with Crippen LogP contribution in [-0.2, 0) is 4.74 Å². The SMILES string of the molecule is C=CCN(CCOC)C(=O)Nc1ccc(C(=O)O)cc1O. The van der Waals surface area contributed by atoms with E-state index in [0.29, 0.717) is 19.7 Å². The number of rotatable bonds is 7. The number of carboxylic acid groups (broad SMARTS) is 1. The van der Waals surface area contributed by atoms with Gasteiger partial charge in [-0.15, -0.1) is 6.58 Å². The maximum atomic E-state index is 12.1. The van der Waals surface area contributed by atoms with E-state index in [9.17, 15) is 14.7 Å². The van der Waals surface area contributed by atoms with Crippen LogP contribution in [0.4, 0.5) is 10.5 Å². The van der Waals surface area contributed by atoms with Crippen LogP contribution in [0.15, 0.2) is 30.9 Å². The van der Waals surface area contributed by atoms with Crippen molar-refractivity contribution in [3.05, 3.63) is 36.4 Å². The first-order valence-corrected chi connectivity index (χ1v) is 6.21. The molecule has 2 amide bonds. The highest BCUT2D eigenvalue weighted by molar-refractivity contribution is 5.93. The van der Waals surface area contributed by atoms with Crippen LogP contribution in [0.1, 0.15) is 10.4 Å². The second kappa shape index (κ2) is 7.91. The summed E-state index contributed by atoms with van der Waals surface area (Å²) in [7, 11) is 1.53. The minimum atomic E-state index is -1.16. The molecular formula is C14H18N2O5. The Hall–Kier alpha value is -2.54. The highest BCUT2D eigenvalue weighted by atomic mass is 16.5. The summed E-state index contributed by atoms with van der Waals surface area (Å²) in [5.41, 5.74) is 0.0734. The van der Waals surface area contributed by atoms with E-state index in [4.69, 9.17) is 9.84 Å². The number of hydrogen-bond acceptors (Lipinski definition) is 4. The average molecular weight is 294 g/mol. The number of carboxylic acids is 1. The monoisotopic (exact) mass is 294 g/mol. The third-order valence-corrected chi connectivity index (χ3v) is 2.69. The second-order valence-corrected chi connectivity index (χ2v) is 4.19. The number of aromatic carboxylic acids is 1. The summed E-state index contributed by atoms with van der Waals surface area (Å²) in [6.45, 7) is 4.62. The third kappa shape index (κ3) is 4.81. The lowest BCUT2D eigenvalue weighted by Crippen LogP contribution is -2.37. The van der Waals surface area contributed by atoms with Gasteiger partial charge in [-0.3, -0.25) is 0 Å². The fraction of sp³-hybridized carbons (Fsp3) is 0.286. The molecule has 0 fully saturated rings. The van der Waals surface area contributed by atoms with Crippen LogP contribution in [0.2, 0.25) is 0 Å². The molecule has 0 aliphatic carbocycles. The molecule has 1 aromatic rings. The largest absolute Gasteiger partial charge is 0.506 e. The van der Waals surface area contributed by atoms with E-state index in [1.165, 1.54) is 24.1 Å². The predicted molar refractivity (Wildman–Crippen MR) is 77.7 cm³/mol. The van der Waals surface area contributed by atoms with Gasteiger partial charge in [0.25, 0.3) is 0 Å². The van der Waals surface area contributed by atoms with Crippen LogP contribution in [0.3, 0.4) is 0 Å². The fourth-order valence-corrected chi connectivity index (χ4v) is 1.60. The third-order valence-electron chi connectivity index (χ3n) is 2.69. The van der Waals surface area contributed by atoms with Crippen molar-refractivity contribution in [1.29, 1.82) is 0 Å². The smallest absolute Gasteiger partial charge is 0.335 e. The number of phenols is 1. The van der Waals surface area contributed by atoms with E-state index in [0.717, 1.165) is 6.07 Å². The normalized spacial score (nSPS) is 9.95. The highest BCUT2D eigenvalue weighted by Crippen LogP contribution is 2.24. The Morgan fingerprint density at radius 3 is 2.71 bits per heavy atom. The van der Waals surface area contributed by atoms with Crippen molar-refractivity contribution in [2.24, 2.45) is 0 Å². The fourth-order valence-electron chi connectivity index (χ4n) is 1.60. The van der Waals surface area contributed by atoms with Gasteiger partial charge in [0.1, 0.15) is 5.75 Å². The maximum Gasteiger partial charge on any atom is 0.335 e. The molecule has 0 unspecified atom stereocenters. The van der Waals surface area contributed by atoms with Crippen LogP contribution < -0.4 is 5.32 Å². The highest BCUT2D eigenvalue weighted by Gasteiger charge is 2.15. The molecular weight excluding hydrogens is 276 g/mol. The van der Waals surface area contributed by atoms with Gasteiger partial charge in [-0.1, -0.05) is 6.08 Å². The van der Waals surface area contributed by atoms with Gasteiger partial charge in [-0.05, 0) is 18.2 Å². The van der Waals surface area contributed by atoms with Crippen molar-refractivity contribution in [3.8, 4) is 5.75 Å². The number of anilines is 1. The molecule has 0 saturated carbocycles. The Morgan fingerprint density at radius 2 is 2.19 bits per heavy atom. The Kier molecular flexibility index (Phi) is 6.22. The maximum absolute atomic E-state index is 12.1. The molecule has 0 atom stereocenters. The minimum absolute atomic E-state index is 0.0622. The molecule has 21 heavy (non-hydrogen) atoms. The van der Waals surface area contributed by atoms with Gasteiger partial charge < -0.3 is 25.2 Å². The van der Waals surface area contributed by atoms with Crippen molar-refractivity contribution >= 4 is 17.7 Å². The number of aromatic hydroxyl groups is 1. The quantitative estimate of drug-likeness (QED) is 0.525. The number of nitrogens with zero attached hydrogens (tertiary/aromatic N) is 1. The van der Waals surface area contributed by atoms with E-state index < -0.39 is 12.0 Å². The van der Waals surface area contributed by atoms with Gasteiger partial charge in [-0.25, -0.2) is 9.59 Å². The van der Waals surface area contributed by atoms with Crippen molar-refractivity contribution in [2.75, 3.05) is 32.1 Å². The molecule has 7 nitrogen and oxygen atoms in total. The van der Waals surface area contributed by atoms with Crippen LogP contribution in [0, 0.1) is 0 Å². The van der Waals surface area contributed by atoms with Crippen LogP contribution >= 0.6 is 0 Å². The summed E-state index contributed by atoms with van der Waals surface area (Å²) < 4.78 is 4.91. The number of benzene rings is 1. The number of phenolic OH excluding ortho intramolecular Hbond substituents is 1. The number of hydrogen-bond donors (Lipinski definition) is 3. The number of carbonyl (C=O) groups is 2. The molecule has 3 N–H and O–H groups in total. The summed E-state index contributed by atoms with van der Waals surface area (Å²) in [4.78, 5) is 24.3. The Labute approximate surface area is 122 Å². The Bertz CT molecular complexity index is 530. The molecule has 0 heterocycles. The Morgan fingerprint density at radius 1 is 1.48 bits per heavy atom. The van der Waals surface area contributed by atoms with E-state index in [2.05, 4.69) is 11.9 Å². The van der Waals surface area contributed by atoms with Crippen molar-refractivity contribution < 1.29 is 24.5 Å². The van der Waals surface area contributed by atoms with Crippen LogP contribution in [-0.4, -0.2) is 53.9 Å². The number of carbonyl (C=O) groups excluding carboxylic acids is 1. The standard InChI is InChI=1S/C14H18N2O5/c1-3-6-16(7-8-21-2)14(20)15-11-5-4-10(13(18)19)9-12(11)17/h3-5,9,17H,1,6-8H2,2H3,(H,15,20)(H,18,19). The van der Waals surface area contributed by atoms with E-state index in [1.54, 1.807) is 6.08 Å². The van der Waals surface area contributed by atoms with E-state index in [-0.39, 0.29) is 17.0 Å². The summed E-state index contributed by atoms with van der Waals surface area (Å²) in [6.07, 6.45) is 1.57. The zero-order chi connectivity index (χ0) is 15.8. The van der Waals surface area contributed by atoms with E-state index >= 15 is 0 Å². The first kappa shape index (κ1) is 16.5. The van der Waals surface area contributed by atoms with Gasteiger partial charge in [0.05, 0.1) is 17.9 Å². The summed E-state index contributed by atoms with van der Waals surface area (Å²) >= 11 is 0. The lowest BCUT2D eigenvalue weighted by molar-refractivity contribution is 0.0696. The van der Waals surface area contributed by atoms with Gasteiger partial charge in [0, 0.05) is 20.2 Å². The topological polar surface area (TPSA) is 99.1 Å². The van der Waals surface area contributed by atoms with Crippen LogP contribution in [0.5, 0.6) is 5.75 Å². The van der Waals surface area contributed by atoms with Crippen molar-refractivity contribution in [2.45, 2.75) is 0 Å². The van der Waals surface area contributed by atoms with Crippen molar-refractivity contribution in [3.63, 3.8) is 0 Å². The molecule has 1 rings (SSSR count). The predicted octanol–water partition coefficient (Wildman–Crippen LogP) is 1.76. The average Bonchev–Trinajstić information content (AvgIpc) is 2.45. The number of urea groups is 1. The zero-order valence-electron chi connectivity index (χ0n) is 11.7. The summed E-state index contributed by atoms with van der Waals surface area (Å²) in [5, 5.41) is 21.1. The molecule has 0 spiro atoms. The minimum Gasteiger partial charge on any atom is -0.506 e. The number of amides is 2. The second-order valence-electron chi connectivity index (χ2n) is 4.19. The molecule has 0 aliphatic rings. The first-order valence-electron chi connectivity index (χ1n) is 6.21. The molecule has 0 bridgehead atoms. The van der Waals surface area contributed by atoms with Crippen LogP contribution in [0.25, 0.3) is 0 Å². The Balaban J connectivity index is 2.80. The molecule has 0 radical (unpaired) electrons. The van der Waals surface area contributed by atoms with Gasteiger partial charge >= 0.3 is 12.0 Å². The number of methoxy groups -OCH3 is 1. The van der Waals surface area contributed by atoms with Crippen molar-refractivity contribution in [1.82, 2.24) is 4.90 Å². The van der Waals surface area contributed by atoms with Gasteiger partial charge in [0.15, 0.2) is 0 Å². The molecule has 0 aromatic heterocycles. The first-order chi connectivity index (χ1) is 9.99. The number of nitrogens with one attached hydrogen (secondary N) is 1. The molecule has 0 aliphatic heterocycles. The summed E-state index contributed by atoms with van der Waals surface area (Å²) in [5.74, 6) is -1.47. The summed E-state index contributed by atoms with van der Waals surface area (Å²) in [6, 6.07) is 3.26. The van der Waals surface area contributed by atoms with Gasteiger partial charge in [0.2, 0.25) is 0 Å². The molecule has 7 heteroatoms. The zero-order valence-corrected chi connectivity index (χ0v) is 11.7.